The maximum atomic E-state index is 12.2. The van der Waals surface area contributed by atoms with E-state index >= 15 is 0 Å². The highest BCUT2D eigenvalue weighted by Crippen LogP contribution is 2.33. The molecular weight excluding hydrogens is 377 g/mol. The first kappa shape index (κ1) is 20.1. The van der Waals surface area contributed by atoms with E-state index in [-0.39, 0.29) is 33.9 Å². The largest absolute Gasteiger partial charge is 0.494 e. The van der Waals surface area contributed by atoms with Crippen LogP contribution in [0.25, 0.3) is 0 Å². The highest BCUT2D eigenvalue weighted by atomic mass is 35.5. The summed E-state index contributed by atoms with van der Waals surface area (Å²) in [7, 11) is 3.07. The molecule has 0 aromatic heterocycles. The van der Waals surface area contributed by atoms with Gasteiger partial charge >= 0.3 is 5.97 Å². The molecule has 0 aliphatic rings. The van der Waals surface area contributed by atoms with Crippen LogP contribution in [0.4, 0.5) is 0 Å². The van der Waals surface area contributed by atoms with Gasteiger partial charge < -0.3 is 14.4 Å². The highest BCUT2D eigenvalue weighted by Gasteiger charge is 2.17. The van der Waals surface area contributed by atoms with Gasteiger partial charge in [0.15, 0.2) is 12.4 Å². The van der Waals surface area contributed by atoms with Crippen molar-refractivity contribution in [1.82, 2.24) is 4.90 Å². The summed E-state index contributed by atoms with van der Waals surface area (Å²) in [6.07, 6.45) is 0. The van der Waals surface area contributed by atoms with Gasteiger partial charge in [-0.05, 0) is 24.6 Å². The number of methoxy groups -OCH3 is 1. The number of carbonyl (C=O) groups excluding carboxylic acids is 2. The fourth-order valence-electron chi connectivity index (χ4n) is 2.25. The van der Waals surface area contributed by atoms with Crippen LogP contribution < -0.4 is 4.74 Å². The minimum absolute atomic E-state index is 0.148. The summed E-state index contributed by atoms with van der Waals surface area (Å²) in [6.45, 7) is 2.05. The number of likely N-dealkylation sites (N-methyl/N-ethyl adjacent to an activating group) is 1. The fourth-order valence-corrected chi connectivity index (χ4v) is 2.89. The van der Waals surface area contributed by atoms with E-state index in [9.17, 15) is 9.59 Å². The summed E-state index contributed by atoms with van der Waals surface area (Å²) >= 11 is 12.0. The third-order valence-electron chi connectivity index (χ3n) is 3.73. The lowest BCUT2D eigenvalue weighted by Gasteiger charge is -2.17. The molecule has 2 aromatic carbocycles. The van der Waals surface area contributed by atoms with Crippen molar-refractivity contribution in [3.63, 3.8) is 0 Å². The molecule has 26 heavy (non-hydrogen) atoms. The molecule has 0 saturated carbocycles. The van der Waals surface area contributed by atoms with E-state index < -0.39 is 5.97 Å². The van der Waals surface area contributed by atoms with E-state index in [1.807, 2.05) is 31.2 Å². The van der Waals surface area contributed by atoms with Crippen molar-refractivity contribution in [3.8, 4) is 5.75 Å². The molecule has 2 rings (SSSR count). The number of rotatable bonds is 6. The molecule has 0 unspecified atom stereocenters. The molecule has 0 fully saturated rings. The maximum absolute atomic E-state index is 12.2. The van der Waals surface area contributed by atoms with E-state index in [1.54, 1.807) is 7.05 Å². The van der Waals surface area contributed by atoms with Crippen LogP contribution in [0.1, 0.15) is 21.5 Å². The number of hydrogen-bond acceptors (Lipinski definition) is 4. The molecule has 138 valence electrons. The predicted octanol–water partition coefficient (Wildman–Crippen LogP) is 4.13. The molecule has 0 radical (unpaired) electrons. The van der Waals surface area contributed by atoms with Crippen LogP contribution >= 0.6 is 23.2 Å². The minimum Gasteiger partial charge on any atom is -0.494 e. The smallest absolute Gasteiger partial charge is 0.338 e. The number of aryl methyl sites for hydroxylation is 1. The molecule has 0 atom stereocenters. The second-order valence-electron chi connectivity index (χ2n) is 5.78. The monoisotopic (exact) mass is 395 g/mol. The third kappa shape index (κ3) is 5.13. The number of ether oxygens (including phenoxy) is 2. The van der Waals surface area contributed by atoms with Crippen LogP contribution in [0.2, 0.25) is 10.0 Å². The summed E-state index contributed by atoms with van der Waals surface area (Å²) in [5.41, 5.74) is 2.29. The van der Waals surface area contributed by atoms with Crippen LogP contribution in [0.5, 0.6) is 5.75 Å². The van der Waals surface area contributed by atoms with E-state index in [1.165, 1.54) is 24.1 Å². The zero-order chi connectivity index (χ0) is 19.3. The van der Waals surface area contributed by atoms with Crippen LogP contribution in [0.15, 0.2) is 36.4 Å². The van der Waals surface area contributed by atoms with Gasteiger partial charge in [-0.15, -0.1) is 0 Å². The number of benzene rings is 2. The molecule has 7 heteroatoms. The Balaban J connectivity index is 1.94. The van der Waals surface area contributed by atoms with Crippen molar-refractivity contribution in [3.05, 3.63) is 63.1 Å². The highest BCUT2D eigenvalue weighted by molar-refractivity contribution is 6.37. The van der Waals surface area contributed by atoms with Gasteiger partial charge in [-0.2, -0.15) is 0 Å². The van der Waals surface area contributed by atoms with Crippen molar-refractivity contribution in [2.24, 2.45) is 0 Å². The van der Waals surface area contributed by atoms with Crippen molar-refractivity contribution in [2.45, 2.75) is 13.5 Å². The Hall–Kier alpha value is -2.24. The molecule has 0 N–H and O–H groups in total. The Morgan fingerprint density at radius 3 is 2.19 bits per heavy atom. The summed E-state index contributed by atoms with van der Waals surface area (Å²) < 4.78 is 10.1. The Bertz CT molecular complexity index is 783. The lowest BCUT2D eigenvalue weighted by Crippen LogP contribution is -2.30. The van der Waals surface area contributed by atoms with Gasteiger partial charge in [0, 0.05) is 13.6 Å². The van der Waals surface area contributed by atoms with Crippen molar-refractivity contribution in [2.75, 3.05) is 20.8 Å². The molecule has 0 aliphatic carbocycles. The van der Waals surface area contributed by atoms with E-state index in [2.05, 4.69) is 0 Å². The Morgan fingerprint density at radius 2 is 1.65 bits per heavy atom. The quantitative estimate of drug-likeness (QED) is 0.690. The second kappa shape index (κ2) is 8.92. The number of halogens is 2. The number of nitrogens with zero attached hydrogens (tertiary/aromatic N) is 1. The van der Waals surface area contributed by atoms with Gasteiger partial charge in [-0.1, -0.05) is 53.0 Å². The Kier molecular flexibility index (Phi) is 6.89. The standard InChI is InChI=1S/C19H19Cl2NO4/c1-12-4-6-13(7-5-12)10-22(2)17(23)11-26-19(24)14-8-15(20)18(25-3)16(21)9-14/h4-9H,10-11H2,1-3H3. The van der Waals surface area contributed by atoms with Crippen LogP contribution in [-0.4, -0.2) is 37.5 Å². The Morgan fingerprint density at radius 1 is 1.08 bits per heavy atom. The Labute approximate surface area is 162 Å². The van der Waals surface area contributed by atoms with Crippen LogP contribution in [-0.2, 0) is 16.1 Å². The zero-order valence-electron chi connectivity index (χ0n) is 14.7. The number of hydrogen-bond donors (Lipinski definition) is 0. The second-order valence-corrected chi connectivity index (χ2v) is 6.60. The normalized spacial score (nSPS) is 10.3. The van der Waals surface area contributed by atoms with Gasteiger partial charge in [0.05, 0.1) is 22.7 Å². The summed E-state index contributed by atoms with van der Waals surface area (Å²) in [6, 6.07) is 10.6. The summed E-state index contributed by atoms with van der Waals surface area (Å²) in [5.74, 6) is -0.725. The SMILES string of the molecule is COc1c(Cl)cc(C(=O)OCC(=O)N(C)Cc2ccc(C)cc2)cc1Cl. The van der Waals surface area contributed by atoms with Gasteiger partial charge in [0.1, 0.15) is 0 Å². The summed E-state index contributed by atoms with van der Waals surface area (Å²) in [4.78, 5) is 25.8. The van der Waals surface area contributed by atoms with Crippen molar-refractivity contribution in [1.29, 1.82) is 0 Å². The first-order valence-corrected chi connectivity index (χ1v) is 8.57. The topological polar surface area (TPSA) is 55.8 Å². The first-order chi connectivity index (χ1) is 12.3. The maximum Gasteiger partial charge on any atom is 0.338 e. The number of amides is 1. The van der Waals surface area contributed by atoms with E-state index in [0.717, 1.165) is 11.1 Å². The average molecular weight is 396 g/mol. The van der Waals surface area contributed by atoms with Crippen molar-refractivity contribution < 1.29 is 19.1 Å². The molecule has 0 aliphatic heterocycles. The van der Waals surface area contributed by atoms with E-state index in [4.69, 9.17) is 32.7 Å². The molecule has 0 bridgehead atoms. The third-order valence-corrected chi connectivity index (χ3v) is 4.29. The van der Waals surface area contributed by atoms with Gasteiger partial charge in [-0.3, -0.25) is 4.79 Å². The van der Waals surface area contributed by atoms with Crippen molar-refractivity contribution >= 4 is 35.1 Å². The van der Waals surface area contributed by atoms with Gasteiger partial charge in [-0.25, -0.2) is 4.79 Å². The van der Waals surface area contributed by atoms with Crippen LogP contribution in [0, 0.1) is 6.92 Å². The molecule has 1 amide bonds. The number of esters is 1. The van der Waals surface area contributed by atoms with Gasteiger partial charge in [0.25, 0.3) is 5.91 Å². The lowest BCUT2D eigenvalue weighted by atomic mass is 10.1. The molecule has 2 aromatic rings. The summed E-state index contributed by atoms with van der Waals surface area (Å²) in [5, 5.41) is 0.379. The van der Waals surface area contributed by atoms with Gasteiger partial charge in [0.2, 0.25) is 0 Å². The van der Waals surface area contributed by atoms with E-state index in [0.29, 0.717) is 6.54 Å². The molecule has 5 nitrogen and oxygen atoms in total. The molecular formula is C19H19Cl2NO4. The fraction of sp³-hybridized carbons (Fsp3) is 0.263. The molecule has 0 heterocycles. The number of carbonyl (C=O) groups is 2. The van der Waals surface area contributed by atoms with Crippen LogP contribution in [0.3, 0.4) is 0 Å². The predicted molar refractivity (Wildman–Crippen MR) is 101 cm³/mol. The first-order valence-electron chi connectivity index (χ1n) is 7.81. The average Bonchev–Trinajstić information content (AvgIpc) is 2.60. The molecule has 0 spiro atoms. The lowest BCUT2D eigenvalue weighted by molar-refractivity contribution is -0.133. The minimum atomic E-state index is -0.687. The zero-order valence-corrected chi connectivity index (χ0v) is 16.2. The molecule has 0 saturated heterocycles.